The minimum absolute atomic E-state index is 0.132. The van der Waals surface area contributed by atoms with Crippen LogP contribution in [-0.4, -0.2) is 18.1 Å². The van der Waals surface area contributed by atoms with Crippen molar-refractivity contribution in [3.05, 3.63) is 72.0 Å². The summed E-state index contributed by atoms with van der Waals surface area (Å²) in [5.41, 5.74) is 8.36. The molecule has 0 aliphatic carbocycles. The van der Waals surface area contributed by atoms with Crippen LogP contribution in [0, 0.1) is 5.82 Å². The van der Waals surface area contributed by atoms with E-state index in [1.54, 1.807) is 12.1 Å². The Morgan fingerprint density at radius 1 is 1.12 bits per heavy atom. The molecule has 0 aliphatic rings. The first-order valence-corrected chi connectivity index (χ1v) is 7.55. The van der Waals surface area contributed by atoms with Gasteiger partial charge in [0.15, 0.2) is 5.82 Å². The zero-order valence-corrected chi connectivity index (χ0v) is 13.5. The first-order valence-electron chi connectivity index (χ1n) is 7.55. The molecule has 3 N–H and O–H groups in total. The summed E-state index contributed by atoms with van der Waals surface area (Å²) < 4.78 is 18.6. The van der Waals surface area contributed by atoms with Gasteiger partial charge in [-0.25, -0.2) is 14.2 Å². The van der Waals surface area contributed by atoms with Gasteiger partial charge in [0, 0.05) is 11.3 Å². The van der Waals surface area contributed by atoms with Crippen molar-refractivity contribution in [3.8, 4) is 11.3 Å². The SMILES string of the molecule is COC(=O)c1ccc(Nc2nc(-c3ccccc3)ccc2N)cc1F. The number of nitrogens with two attached hydrogens (primary N) is 1. The van der Waals surface area contributed by atoms with Gasteiger partial charge in [-0.2, -0.15) is 0 Å². The molecular formula is C19H16FN3O2. The number of nitrogens with zero attached hydrogens (tertiary/aromatic N) is 1. The molecule has 0 amide bonds. The number of hydrogen-bond donors (Lipinski definition) is 2. The lowest BCUT2D eigenvalue weighted by Crippen LogP contribution is -2.05. The van der Waals surface area contributed by atoms with E-state index in [2.05, 4.69) is 15.0 Å². The Hall–Kier alpha value is -3.41. The summed E-state index contributed by atoms with van der Waals surface area (Å²) in [7, 11) is 1.20. The minimum Gasteiger partial charge on any atom is -0.465 e. The highest BCUT2D eigenvalue weighted by atomic mass is 19.1. The summed E-state index contributed by atoms with van der Waals surface area (Å²) in [6.07, 6.45) is 0. The number of aromatic nitrogens is 1. The van der Waals surface area contributed by atoms with E-state index in [1.807, 2.05) is 36.4 Å². The van der Waals surface area contributed by atoms with Crippen LogP contribution in [0.2, 0.25) is 0 Å². The van der Waals surface area contributed by atoms with Crippen molar-refractivity contribution in [2.75, 3.05) is 18.2 Å². The Labute approximate surface area is 144 Å². The van der Waals surface area contributed by atoms with Crippen molar-refractivity contribution in [2.45, 2.75) is 0 Å². The number of nitrogens with one attached hydrogen (secondary N) is 1. The lowest BCUT2D eigenvalue weighted by molar-refractivity contribution is 0.0595. The Balaban J connectivity index is 1.90. The summed E-state index contributed by atoms with van der Waals surface area (Å²) in [6, 6.07) is 17.3. The number of ether oxygens (including phenoxy) is 1. The van der Waals surface area contributed by atoms with E-state index in [4.69, 9.17) is 5.73 Å². The molecule has 0 atom stereocenters. The molecule has 6 heteroatoms. The fourth-order valence-corrected chi connectivity index (χ4v) is 2.34. The predicted octanol–water partition coefficient (Wildman–Crippen LogP) is 4.00. The van der Waals surface area contributed by atoms with Crippen LogP contribution < -0.4 is 11.1 Å². The zero-order valence-electron chi connectivity index (χ0n) is 13.5. The Morgan fingerprint density at radius 2 is 1.88 bits per heavy atom. The van der Waals surface area contributed by atoms with Gasteiger partial charge >= 0.3 is 5.97 Å². The van der Waals surface area contributed by atoms with Crippen LogP contribution in [0.15, 0.2) is 60.7 Å². The monoisotopic (exact) mass is 337 g/mol. The van der Waals surface area contributed by atoms with Crippen LogP contribution in [0.5, 0.6) is 0 Å². The van der Waals surface area contributed by atoms with Crippen molar-refractivity contribution in [2.24, 2.45) is 0 Å². The van der Waals surface area contributed by atoms with Crippen LogP contribution in [0.3, 0.4) is 0 Å². The smallest absolute Gasteiger partial charge is 0.340 e. The van der Waals surface area contributed by atoms with Crippen LogP contribution in [-0.2, 0) is 4.74 Å². The fraction of sp³-hybridized carbons (Fsp3) is 0.0526. The number of hydrogen-bond acceptors (Lipinski definition) is 5. The zero-order chi connectivity index (χ0) is 17.8. The van der Waals surface area contributed by atoms with Gasteiger partial charge in [-0.05, 0) is 30.3 Å². The van der Waals surface area contributed by atoms with E-state index in [0.717, 1.165) is 11.3 Å². The largest absolute Gasteiger partial charge is 0.465 e. The number of nitrogen functional groups attached to an aromatic ring is 1. The quantitative estimate of drug-likeness (QED) is 0.704. The molecule has 0 aliphatic heterocycles. The van der Waals surface area contributed by atoms with Gasteiger partial charge < -0.3 is 15.8 Å². The standard InChI is InChI=1S/C19H16FN3O2/c1-25-19(24)14-8-7-13(11-15(14)20)22-18-16(21)9-10-17(23-18)12-5-3-2-4-6-12/h2-11H,21H2,1H3,(H,22,23). The topological polar surface area (TPSA) is 77.2 Å². The second kappa shape index (κ2) is 7.00. The van der Waals surface area contributed by atoms with E-state index in [9.17, 15) is 9.18 Å². The van der Waals surface area contributed by atoms with E-state index in [1.165, 1.54) is 19.2 Å². The second-order valence-electron chi connectivity index (χ2n) is 5.31. The third kappa shape index (κ3) is 3.58. The highest BCUT2D eigenvalue weighted by Crippen LogP contribution is 2.26. The molecule has 1 heterocycles. The summed E-state index contributed by atoms with van der Waals surface area (Å²) in [5, 5.41) is 2.98. The van der Waals surface area contributed by atoms with E-state index in [-0.39, 0.29) is 5.56 Å². The number of rotatable bonds is 4. The van der Waals surface area contributed by atoms with Crippen molar-refractivity contribution >= 4 is 23.2 Å². The number of carbonyl (C=O) groups excluding carboxylic acids is 1. The summed E-state index contributed by atoms with van der Waals surface area (Å²) in [5.74, 6) is -1.01. The predicted molar refractivity (Wildman–Crippen MR) is 95.1 cm³/mol. The van der Waals surface area contributed by atoms with Gasteiger partial charge in [-0.3, -0.25) is 0 Å². The van der Waals surface area contributed by atoms with E-state index >= 15 is 0 Å². The Bertz CT molecular complexity index is 914. The molecule has 1 aromatic heterocycles. The molecule has 0 saturated carbocycles. The summed E-state index contributed by atoms with van der Waals surface area (Å²) in [4.78, 5) is 15.9. The number of methoxy groups -OCH3 is 1. The number of benzene rings is 2. The van der Waals surface area contributed by atoms with Crippen LogP contribution in [0.25, 0.3) is 11.3 Å². The first-order chi connectivity index (χ1) is 12.1. The van der Waals surface area contributed by atoms with Crippen molar-refractivity contribution < 1.29 is 13.9 Å². The summed E-state index contributed by atoms with van der Waals surface area (Å²) in [6.45, 7) is 0. The number of anilines is 3. The Morgan fingerprint density at radius 3 is 2.56 bits per heavy atom. The first kappa shape index (κ1) is 16.4. The molecular weight excluding hydrogens is 321 g/mol. The molecule has 5 nitrogen and oxygen atoms in total. The third-order valence-electron chi connectivity index (χ3n) is 3.63. The van der Waals surface area contributed by atoms with Gasteiger partial charge in [-0.1, -0.05) is 30.3 Å². The molecule has 25 heavy (non-hydrogen) atoms. The van der Waals surface area contributed by atoms with Crippen molar-refractivity contribution in [1.29, 1.82) is 0 Å². The lowest BCUT2D eigenvalue weighted by Gasteiger charge is -2.11. The van der Waals surface area contributed by atoms with Crippen LogP contribution >= 0.6 is 0 Å². The molecule has 3 aromatic rings. The molecule has 0 spiro atoms. The lowest BCUT2D eigenvalue weighted by atomic mass is 10.1. The van der Waals surface area contributed by atoms with Gasteiger partial charge in [0.1, 0.15) is 5.82 Å². The molecule has 2 aromatic carbocycles. The van der Waals surface area contributed by atoms with Gasteiger partial charge in [0.05, 0.1) is 24.1 Å². The highest BCUT2D eigenvalue weighted by Gasteiger charge is 2.13. The average Bonchev–Trinajstić information content (AvgIpc) is 2.64. The van der Waals surface area contributed by atoms with Crippen molar-refractivity contribution in [1.82, 2.24) is 4.98 Å². The number of esters is 1. The van der Waals surface area contributed by atoms with Gasteiger partial charge in [-0.15, -0.1) is 0 Å². The number of pyridine rings is 1. The maximum absolute atomic E-state index is 14.0. The van der Waals surface area contributed by atoms with Crippen LogP contribution in [0.4, 0.5) is 21.6 Å². The maximum Gasteiger partial charge on any atom is 0.340 e. The maximum atomic E-state index is 14.0. The Kier molecular flexibility index (Phi) is 4.61. The fourth-order valence-electron chi connectivity index (χ4n) is 2.34. The molecule has 126 valence electrons. The molecule has 0 unspecified atom stereocenters. The minimum atomic E-state index is -0.729. The van der Waals surface area contributed by atoms with E-state index < -0.39 is 11.8 Å². The molecule has 0 radical (unpaired) electrons. The molecule has 0 saturated heterocycles. The number of carbonyl (C=O) groups is 1. The van der Waals surface area contributed by atoms with E-state index in [0.29, 0.717) is 17.2 Å². The molecule has 0 fully saturated rings. The van der Waals surface area contributed by atoms with Crippen molar-refractivity contribution in [3.63, 3.8) is 0 Å². The number of halogens is 1. The van der Waals surface area contributed by atoms with Gasteiger partial charge in [0.2, 0.25) is 0 Å². The molecule has 3 rings (SSSR count). The third-order valence-corrected chi connectivity index (χ3v) is 3.63. The van der Waals surface area contributed by atoms with Crippen LogP contribution in [0.1, 0.15) is 10.4 Å². The average molecular weight is 337 g/mol. The normalized spacial score (nSPS) is 10.3. The highest BCUT2D eigenvalue weighted by molar-refractivity contribution is 5.90. The summed E-state index contributed by atoms with van der Waals surface area (Å²) >= 11 is 0. The second-order valence-corrected chi connectivity index (χ2v) is 5.31. The molecule has 0 bridgehead atoms. The van der Waals surface area contributed by atoms with Gasteiger partial charge in [0.25, 0.3) is 0 Å².